The van der Waals surface area contributed by atoms with E-state index in [-0.39, 0.29) is 18.4 Å². The number of hydrogen-bond donors (Lipinski definition) is 2. The first-order valence-corrected chi connectivity index (χ1v) is 4.87. The zero-order valence-electron chi connectivity index (χ0n) is 7.95. The molecule has 0 saturated carbocycles. The highest BCUT2D eigenvalue weighted by atomic mass is 16.3. The summed E-state index contributed by atoms with van der Waals surface area (Å²) in [5.74, 6) is -0.185. The van der Waals surface area contributed by atoms with Gasteiger partial charge >= 0.3 is 0 Å². The first-order valence-electron chi connectivity index (χ1n) is 4.87. The number of aliphatic hydroxyl groups excluding tert-OH is 1. The molecule has 5 nitrogen and oxygen atoms in total. The van der Waals surface area contributed by atoms with Crippen LogP contribution in [0.1, 0.15) is 19.3 Å². The van der Waals surface area contributed by atoms with Crippen LogP contribution in [0.3, 0.4) is 0 Å². The van der Waals surface area contributed by atoms with Crippen LogP contribution in [0.15, 0.2) is 0 Å². The molecule has 78 valence electrons. The molecule has 2 N–H and O–H groups in total. The minimum atomic E-state index is -0.431. The van der Waals surface area contributed by atoms with Crippen molar-refractivity contribution in [2.45, 2.75) is 24.8 Å². The molecule has 14 heavy (non-hydrogen) atoms. The molecule has 0 atom stereocenters. The van der Waals surface area contributed by atoms with Crippen LogP contribution in [0.25, 0.3) is 0 Å². The molecule has 2 amide bonds. The van der Waals surface area contributed by atoms with Gasteiger partial charge < -0.3 is 10.4 Å². The van der Waals surface area contributed by atoms with E-state index in [0.29, 0.717) is 32.4 Å². The van der Waals surface area contributed by atoms with Gasteiger partial charge in [-0.05, 0) is 6.42 Å². The standard InChI is InChI=1S/C9H14N2O3/c12-4-3-9(5-10-6-9)11-7(13)1-2-8(11)14/h10,12H,1-6H2. The number of hydrogen-bond acceptors (Lipinski definition) is 4. The maximum Gasteiger partial charge on any atom is 0.230 e. The molecule has 2 saturated heterocycles. The van der Waals surface area contributed by atoms with Crippen LogP contribution >= 0.6 is 0 Å². The van der Waals surface area contributed by atoms with E-state index in [4.69, 9.17) is 5.11 Å². The predicted molar refractivity (Wildman–Crippen MR) is 48.4 cm³/mol. The molecular formula is C9H14N2O3. The van der Waals surface area contributed by atoms with E-state index in [1.807, 2.05) is 0 Å². The van der Waals surface area contributed by atoms with Gasteiger partial charge in [0.2, 0.25) is 11.8 Å². The summed E-state index contributed by atoms with van der Waals surface area (Å²) in [6.45, 7) is 1.24. The Kier molecular flexibility index (Phi) is 2.28. The van der Waals surface area contributed by atoms with E-state index in [0.717, 1.165) is 0 Å². The van der Waals surface area contributed by atoms with Crippen LogP contribution in [-0.2, 0) is 9.59 Å². The normalized spacial score (nSPS) is 25.4. The van der Waals surface area contributed by atoms with Gasteiger partial charge in [-0.2, -0.15) is 0 Å². The number of carbonyl (C=O) groups excluding carboxylic acids is 2. The third-order valence-electron chi connectivity index (χ3n) is 3.01. The van der Waals surface area contributed by atoms with Gasteiger partial charge in [-0.1, -0.05) is 0 Å². The quantitative estimate of drug-likeness (QED) is 0.562. The van der Waals surface area contributed by atoms with Crippen LogP contribution in [0.2, 0.25) is 0 Å². The lowest BCUT2D eigenvalue weighted by molar-refractivity contribution is -0.149. The highest BCUT2D eigenvalue weighted by Crippen LogP contribution is 2.29. The smallest absolute Gasteiger partial charge is 0.230 e. The van der Waals surface area contributed by atoms with E-state index in [9.17, 15) is 9.59 Å². The Morgan fingerprint density at radius 2 is 1.86 bits per heavy atom. The first-order chi connectivity index (χ1) is 6.69. The van der Waals surface area contributed by atoms with Crippen molar-refractivity contribution in [2.75, 3.05) is 19.7 Å². The largest absolute Gasteiger partial charge is 0.396 e. The van der Waals surface area contributed by atoms with Crippen LogP contribution in [0.4, 0.5) is 0 Å². The lowest BCUT2D eigenvalue weighted by Gasteiger charge is -2.47. The van der Waals surface area contributed by atoms with Crippen molar-refractivity contribution in [2.24, 2.45) is 0 Å². The Morgan fingerprint density at radius 1 is 1.29 bits per heavy atom. The average Bonchev–Trinajstić information content (AvgIpc) is 2.41. The number of nitrogens with one attached hydrogen (secondary N) is 1. The molecule has 2 aliphatic rings. The van der Waals surface area contributed by atoms with E-state index < -0.39 is 5.54 Å². The summed E-state index contributed by atoms with van der Waals surface area (Å²) in [7, 11) is 0. The highest BCUT2D eigenvalue weighted by molar-refractivity contribution is 6.03. The SMILES string of the molecule is O=C1CCC(=O)N1C1(CCO)CNC1. The Bertz CT molecular complexity index is 257. The molecule has 2 fully saturated rings. The number of likely N-dealkylation sites (tertiary alicyclic amines) is 1. The van der Waals surface area contributed by atoms with Crippen molar-refractivity contribution >= 4 is 11.8 Å². The zero-order valence-corrected chi connectivity index (χ0v) is 7.95. The molecule has 0 aliphatic carbocycles. The molecule has 0 aromatic rings. The van der Waals surface area contributed by atoms with Gasteiger partial charge in [-0.25, -0.2) is 0 Å². The summed E-state index contributed by atoms with van der Waals surface area (Å²) in [6.07, 6.45) is 1.13. The molecule has 2 rings (SSSR count). The topological polar surface area (TPSA) is 69.6 Å². The Hall–Kier alpha value is -0.940. The maximum atomic E-state index is 11.5. The third kappa shape index (κ3) is 1.24. The summed E-state index contributed by atoms with van der Waals surface area (Å²) in [4.78, 5) is 24.4. The average molecular weight is 198 g/mol. The van der Waals surface area contributed by atoms with E-state index in [2.05, 4.69) is 5.32 Å². The van der Waals surface area contributed by atoms with Crippen LogP contribution < -0.4 is 5.32 Å². The zero-order chi connectivity index (χ0) is 10.2. The molecule has 2 aliphatic heterocycles. The van der Waals surface area contributed by atoms with E-state index in [1.165, 1.54) is 4.90 Å². The lowest BCUT2D eigenvalue weighted by atomic mass is 9.87. The van der Waals surface area contributed by atoms with Crippen molar-refractivity contribution in [1.82, 2.24) is 10.2 Å². The van der Waals surface area contributed by atoms with Gasteiger partial charge in [0.05, 0.1) is 5.54 Å². The summed E-state index contributed by atoms with van der Waals surface area (Å²) >= 11 is 0. The van der Waals surface area contributed by atoms with E-state index >= 15 is 0 Å². The molecule has 0 aromatic carbocycles. The van der Waals surface area contributed by atoms with Gasteiger partial charge in [-0.3, -0.25) is 14.5 Å². The minimum absolute atomic E-state index is 0.0126. The molecule has 2 heterocycles. The summed E-state index contributed by atoms with van der Waals surface area (Å²) in [6, 6.07) is 0. The summed E-state index contributed by atoms with van der Waals surface area (Å²) in [5, 5.41) is 12.0. The molecule has 0 radical (unpaired) electrons. The number of amides is 2. The summed E-state index contributed by atoms with van der Waals surface area (Å²) < 4.78 is 0. The fourth-order valence-corrected chi connectivity index (χ4v) is 2.17. The molecule has 0 aromatic heterocycles. The van der Waals surface area contributed by atoms with Crippen molar-refractivity contribution in [1.29, 1.82) is 0 Å². The van der Waals surface area contributed by atoms with Crippen LogP contribution in [0.5, 0.6) is 0 Å². The summed E-state index contributed by atoms with van der Waals surface area (Å²) in [5.41, 5.74) is -0.431. The molecule has 0 bridgehead atoms. The molecule has 0 unspecified atom stereocenters. The Labute approximate surface area is 82.1 Å². The van der Waals surface area contributed by atoms with Crippen molar-refractivity contribution in [3.63, 3.8) is 0 Å². The van der Waals surface area contributed by atoms with Gasteiger partial charge in [0.15, 0.2) is 0 Å². The maximum absolute atomic E-state index is 11.5. The number of imide groups is 1. The van der Waals surface area contributed by atoms with Crippen molar-refractivity contribution < 1.29 is 14.7 Å². The first kappa shape index (κ1) is 9.61. The van der Waals surface area contributed by atoms with Crippen LogP contribution in [-0.4, -0.2) is 47.1 Å². The van der Waals surface area contributed by atoms with Crippen LogP contribution in [0, 0.1) is 0 Å². The second-order valence-corrected chi connectivity index (χ2v) is 3.92. The number of rotatable bonds is 3. The highest BCUT2D eigenvalue weighted by Gasteiger charge is 2.49. The Balaban J connectivity index is 2.18. The number of carbonyl (C=O) groups is 2. The van der Waals surface area contributed by atoms with Gasteiger partial charge in [-0.15, -0.1) is 0 Å². The lowest BCUT2D eigenvalue weighted by Crippen LogP contribution is -2.70. The van der Waals surface area contributed by atoms with Gasteiger partial charge in [0.1, 0.15) is 0 Å². The molecule has 5 heteroatoms. The molecular weight excluding hydrogens is 184 g/mol. The minimum Gasteiger partial charge on any atom is -0.396 e. The monoisotopic (exact) mass is 198 g/mol. The van der Waals surface area contributed by atoms with E-state index in [1.54, 1.807) is 0 Å². The number of nitrogens with zero attached hydrogens (tertiary/aromatic N) is 1. The van der Waals surface area contributed by atoms with Gasteiger partial charge in [0, 0.05) is 32.5 Å². The fourth-order valence-electron chi connectivity index (χ4n) is 2.17. The fraction of sp³-hybridized carbons (Fsp3) is 0.778. The molecule has 0 spiro atoms. The third-order valence-corrected chi connectivity index (χ3v) is 3.01. The number of aliphatic hydroxyl groups is 1. The predicted octanol–water partition coefficient (Wildman–Crippen LogP) is -1.14. The van der Waals surface area contributed by atoms with Crippen molar-refractivity contribution in [3.05, 3.63) is 0 Å². The second-order valence-electron chi connectivity index (χ2n) is 3.92. The van der Waals surface area contributed by atoms with Gasteiger partial charge in [0.25, 0.3) is 0 Å². The Morgan fingerprint density at radius 3 is 2.21 bits per heavy atom. The second kappa shape index (κ2) is 3.33. The van der Waals surface area contributed by atoms with Crippen molar-refractivity contribution in [3.8, 4) is 0 Å².